The van der Waals surface area contributed by atoms with E-state index in [1.54, 1.807) is 18.6 Å². The number of nitrogens with one attached hydrogen (secondary N) is 2. The van der Waals surface area contributed by atoms with Crippen molar-refractivity contribution in [1.82, 2.24) is 10.6 Å². The first-order chi connectivity index (χ1) is 12.8. The van der Waals surface area contributed by atoms with Gasteiger partial charge in [-0.2, -0.15) is 0 Å². The lowest BCUT2D eigenvalue weighted by molar-refractivity contribution is 0.0903. The molecule has 2 aliphatic rings. The Bertz CT molecular complexity index is 911. The summed E-state index contributed by atoms with van der Waals surface area (Å²) < 4.78 is 10.9. The van der Waals surface area contributed by atoms with Crippen molar-refractivity contribution >= 4 is 5.91 Å². The topological polar surface area (TPSA) is 67.4 Å². The zero-order valence-corrected chi connectivity index (χ0v) is 14.3. The van der Waals surface area contributed by atoms with Crippen molar-refractivity contribution in [2.24, 2.45) is 0 Å². The fraction of sp³-hybridized carbons (Fsp3) is 0.286. The van der Waals surface area contributed by atoms with Crippen molar-refractivity contribution in [2.75, 3.05) is 0 Å². The number of benzene rings is 1. The molecule has 0 spiro atoms. The van der Waals surface area contributed by atoms with Crippen LogP contribution in [0.4, 0.5) is 0 Å². The van der Waals surface area contributed by atoms with Crippen LogP contribution in [0.25, 0.3) is 22.5 Å². The predicted molar refractivity (Wildman–Crippen MR) is 97.7 cm³/mol. The van der Waals surface area contributed by atoms with E-state index < -0.39 is 0 Å². The Morgan fingerprint density at radius 1 is 1.00 bits per heavy atom. The van der Waals surface area contributed by atoms with Gasteiger partial charge in [-0.1, -0.05) is 24.3 Å². The van der Waals surface area contributed by atoms with E-state index in [9.17, 15) is 4.79 Å². The van der Waals surface area contributed by atoms with Crippen LogP contribution in [-0.4, -0.2) is 24.0 Å². The highest BCUT2D eigenvalue weighted by Crippen LogP contribution is 2.29. The van der Waals surface area contributed by atoms with Crippen molar-refractivity contribution < 1.29 is 13.6 Å². The molecule has 5 nitrogen and oxygen atoms in total. The van der Waals surface area contributed by atoms with Crippen molar-refractivity contribution in [2.45, 2.75) is 37.4 Å². The van der Waals surface area contributed by atoms with Crippen LogP contribution in [0.15, 0.2) is 63.8 Å². The molecule has 0 aliphatic carbocycles. The zero-order chi connectivity index (χ0) is 17.5. The van der Waals surface area contributed by atoms with Crippen LogP contribution in [0.1, 0.15) is 29.8 Å². The van der Waals surface area contributed by atoms with Gasteiger partial charge >= 0.3 is 0 Å². The van der Waals surface area contributed by atoms with Gasteiger partial charge in [0.1, 0.15) is 5.76 Å². The summed E-state index contributed by atoms with van der Waals surface area (Å²) >= 11 is 0. The van der Waals surface area contributed by atoms with Crippen molar-refractivity contribution in [1.29, 1.82) is 0 Å². The number of rotatable bonds is 4. The second-order valence-corrected chi connectivity index (χ2v) is 7.12. The van der Waals surface area contributed by atoms with E-state index in [0.29, 0.717) is 23.6 Å². The van der Waals surface area contributed by atoms with Crippen molar-refractivity contribution in [3.05, 3.63) is 60.8 Å². The molecule has 0 unspecified atom stereocenters. The molecule has 0 radical (unpaired) electrons. The standard InChI is InChI=1S/C21H20N2O3/c24-21(23-18-11-16-5-6-17(18)22-16)20-8-7-19(26-20)14-3-1-13(2-4-14)15-9-10-25-12-15/h1-4,7-10,12,16-18,22H,5-6,11H2,(H,23,24)/t16-,17+,18-/m1/s1. The van der Waals surface area contributed by atoms with Crippen LogP contribution in [0, 0.1) is 0 Å². The maximum atomic E-state index is 12.5. The van der Waals surface area contributed by atoms with Gasteiger partial charge in [-0.15, -0.1) is 0 Å². The summed E-state index contributed by atoms with van der Waals surface area (Å²) in [4.78, 5) is 12.5. The van der Waals surface area contributed by atoms with Gasteiger partial charge in [0.2, 0.25) is 0 Å². The molecule has 26 heavy (non-hydrogen) atoms. The first kappa shape index (κ1) is 15.5. The van der Waals surface area contributed by atoms with Crippen LogP contribution < -0.4 is 10.6 Å². The van der Waals surface area contributed by atoms with Gasteiger partial charge < -0.3 is 19.5 Å². The molecule has 2 saturated heterocycles. The molecule has 3 atom stereocenters. The molecule has 2 fully saturated rings. The van der Waals surface area contributed by atoms with Gasteiger partial charge in [-0.05, 0) is 43.0 Å². The number of fused-ring (bicyclic) bond motifs is 2. The van der Waals surface area contributed by atoms with Gasteiger partial charge in [0, 0.05) is 29.3 Å². The molecule has 4 heterocycles. The Hall–Kier alpha value is -2.79. The Balaban J connectivity index is 1.29. The minimum atomic E-state index is -0.134. The zero-order valence-electron chi connectivity index (χ0n) is 14.3. The van der Waals surface area contributed by atoms with E-state index in [1.807, 2.05) is 36.4 Å². The summed E-state index contributed by atoms with van der Waals surface area (Å²) in [5, 5.41) is 6.64. The summed E-state index contributed by atoms with van der Waals surface area (Å²) in [6, 6.07) is 14.7. The Morgan fingerprint density at radius 3 is 2.54 bits per heavy atom. The minimum absolute atomic E-state index is 0.134. The highest BCUT2D eigenvalue weighted by molar-refractivity contribution is 5.92. The van der Waals surface area contributed by atoms with Crippen LogP contribution in [0.3, 0.4) is 0 Å². The van der Waals surface area contributed by atoms with E-state index in [-0.39, 0.29) is 11.9 Å². The molecular weight excluding hydrogens is 328 g/mol. The average Bonchev–Trinajstić information content (AvgIpc) is 3.46. The maximum Gasteiger partial charge on any atom is 0.287 e. The van der Waals surface area contributed by atoms with Gasteiger partial charge in [0.05, 0.1) is 12.5 Å². The minimum Gasteiger partial charge on any atom is -0.472 e. The predicted octanol–water partition coefficient (Wildman–Crippen LogP) is 3.83. The molecule has 1 aromatic carbocycles. The summed E-state index contributed by atoms with van der Waals surface area (Å²) in [7, 11) is 0. The second kappa shape index (κ2) is 6.18. The Morgan fingerprint density at radius 2 is 1.85 bits per heavy atom. The third-order valence-electron chi connectivity index (χ3n) is 5.47. The molecule has 2 N–H and O–H groups in total. The van der Waals surface area contributed by atoms with Crippen LogP contribution in [-0.2, 0) is 0 Å². The molecule has 2 bridgehead atoms. The number of amides is 1. The molecular formula is C21H20N2O3. The lowest BCUT2D eigenvalue weighted by Crippen LogP contribution is -2.42. The summed E-state index contributed by atoms with van der Waals surface area (Å²) in [6.07, 6.45) is 6.75. The highest BCUT2D eigenvalue weighted by atomic mass is 16.4. The summed E-state index contributed by atoms with van der Waals surface area (Å²) in [6.45, 7) is 0. The van der Waals surface area contributed by atoms with Crippen molar-refractivity contribution in [3.8, 4) is 22.5 Å². The first-order valence-corrected chi connectivity index (χ1v) is 9.06. The fourth-order valence-corrected chi connectivity index (χ4v) is 4.09. The third kappa shape index (κ3) is 2.74. The lowest BCUT2D eigenvalue weighted by atomic mass is 9.95. The van der Waals surface area contributed by atoms with E-state index in [0.717, 1.165) is 29.5 Å². The fourth-order valence-electron chi connectivity index (χ4n) is 4.09. The van der Waals surface area contributed by atoms with E-state index >= 15 is 0 Å². The van der Waals surface area contributed by atoms with E-state index in [1.165, 1.54) is 6.42 Å². The summed E-state index contributed by atoms with van der Waals surface area (Å²) in [5.74, 6) is 0.923. The largest absolute Gasteiger partial charge is 0.472 e. The smallest absolute Gasteiger partial charge is 0.287 e. The highest BCUT2D eigenvalue weighted by Gasteiger charge is 2.39. The first-order valence-electron chi connectivity index (χ1n) is 9.06. The quantitative estimate of drug-likeness (QED) is 0.752. The molecule has 1 amide bonds. The molecule has 2 aliphatic heterocycles. The normalized spacial score (nSPS) is 24.1. The molecule has 132 valence electrons. The number of furan rings is 2. The van der Waals surface area contributed by atoms with Gasteiger partial charge in [-0.25, -0.2) is 0 Å². The van der Waals surface area contributed by atoms with Crippen molar-refractivity contribution in [3.63, 3.8) is 0 Å². The maximum absolute atomic E-state index is 12.5. The molecule has 5 heteroatoms. The Labute approximate surface area is 151 Å². The number of hydrogen-bond acceptors (Lipinski definition) is 4. The van der Waals surface area contributed by atoms with Crippen LogP contribution >= 0.6 is 0 Å². The van der Waals surface area contributed by atoms with E-state index in [4.69, 9.17) is 8.83 Å². The number of carbonyl (C=O) groups excluding carboxylic acids is 1. The molecule has 3 aromatic rings. The molecule has 5 rings (SSSR count). The van der Waals surface area contributed by atoms with E-state index in [2.05, 4.69) is 10.6 Å². The summed E-state index contributed by atoms with van der Waals surface area (Å²) in [5.41, 5.74) is 3.06. The number of carbonyl (C=O) groups is 1. The molecule has 0 saturated carbocycles. The Kier molecular flexibility index (Phi) is 3.68. The third-order valence-corrected chi connectivity index (χ3v) is 5.47. The van der Waals surface area contributed by atoms with Crippen LogP contribution in [0.5, 0.6) is 0 Å². The molecule has 2 aromatic heterocycles. The lowest BCUT2D eigenvalue weighted by Gasteiger charge is -2.20. The SMILES string of the molecule is O=C(N[C@@H]1C[C@H]2CC[C@@H]1N2)c1ccc(-c2ccc(-c3ccoc3)cc2)o1. The second-order valence-electron chi connectivity index (χ2n) is 7.12. The monoisotopic (exact) mass is 348 g/mol. The van der Waals surface area contributed by atoms with Gasteiger partial charge in [-0.3, -0.25) is 4.79 Å². The van der Waals surface area contributed by atoms with Gasteiger partial charge in [0.25, 0.3) is 5.91 Å². The average molecular weight is 348 g/mol. The number of hydrogen-bond donors (Lipinski definition) is 2. The van der Waals surface area contributed by atoms with Gasteiger partial charge in [0.15, 0.2) is 5.76 Å². The van der Waals surface area contributed by atoms with Crippen LogP contribution in [0.2, 0.25) is 0 Å².